The number of piperazine rings is 1. The second-order valence-electron chi connectivity index (χ2n) is 7.74. The van der Waals surface area contributed by atoms with Crippen LogP contribution in [0, 0.1) is 5.82 Å². The third kappa shape index (κ3) is 5.01. The molecule has 0 bridgehead atoms. The van der Waals surface area contributed by atoms with Gasteiger partial charge in [-0.05, 0) is 43.2 Å². The summed E-state index contributed by atoms with van der Waals surface area (Å²) in [6, 6.07) is 4.33. The average Bonchev–Trinajstić information content (AvgIpc) is 3.14. The Bertz CT molecular complexity index is 1170. The summed E-state index contributed by atoms with van der Waals surface area (Å²) >= 11 is 1.14. The number of benzene rings is 1. The molecule has 7 nitrogen and oxygen atoms in total. The van der Waals surface area contributed by atoms with E-state index in [4.69, 9.17) is 5.11 Å². The van der Waals surface area contributed by atoms with Gasteiger partial charge < -0.3 is 14.9 Å². The van der Waals surface area contributed by atoms with Crippen LogP contribution in [0.15, 0.2) is 30.5 Å². The highest BCUT2D eigenvalue weighted by atomic mass is 32.1. The van der Waals surface area contributed by atoms with Crippen LogP contribution in [-0.2, 0) is 12.6 Å². The van der Waals surface area contributed by atoms with E-state index in [1.807, 2.05) is 0 Å². The van der Waals surface area contributed by atoms with Crippen molar-refractivity contribution in [3.8, 4) is 0 Å². The molecule has 0 radical (unpaired) electrons. The number of carbonyl (C=O) groups is 1. The molecule has 3 heterocycles. The van der Waals surface area contributed by atoms with Gasteiger partial charge >= 0.3 is 12.2 Å². The molecule has 33 heavy (non-hydrogen) atoms. The van der Waals surface area contributed by atoms with Crippen LogP contribution in [0.25, 0.3) is 10.2 Å². The number of amides is 2. The topological polar surface area (TPSA) is 81.6 Å². The maximum Gasteiger partial charge on any atom is 0.419 e. The Morgan fingerprint density at radius 2 is 2.09 bits per heavy atom. The van der Waals surface area contributed by atoms with E-state index < -0.39 is 29.6 Å². The molecule has 1 aliphatic heterocycles. The summed E-state index contributed by atoms with van der Waals surface area (Å²) < 4.78 is 54.9. The number of carbonyl (C=O) groups excluding carboxylic acids is 1. The lowest BCUT2D eigenvalue weighted by Crippen LogP contribution is -2.55. The van der Waals surface area contributed by atoms with Gasteiger partial charge in [0.25, 0.3) is 0 Å². The highest BCUT2D eigenvalue weighted by Crippen LogP contribution is 2.37. The van der Waals surface area contributed by atoms with Crippen molar-refractivity contribution in [3.63, 3.8) is 0 Å². The number of aromatic nitrogens is 2. The van der Waals surface area contributed by atoms with E-state index in [1.165, 1.54) is 34.2 Å². The summed E-state index contributed by atoms with van der Waals surface area (Å²) in [6.07, 6.45) is -3.18. The molecule has 2 amide bonds. The molecule has 2 aromatic heterocycles. The first kappa shape index (κ1) is 23.2. The molecule has 4 rings (SSSR count). The third-order valence-electron chi connectivity index (χ3n) is 5.38. The van der Waals surface area contributed by atoms with Crippen LogP contribution >= 0.6 is 11.3 Å². The number of halogens is 4. The van der Waals surface area contributed by atoms with Crippen molar-refractivity contribution >= 4 is 38.5 Å². The lowest BCUT2D eigenvalue weighted by molar-refractivity contribution is -0.137. The highest BCUT2D eigenvalue weighted by Gasteiger charge is 2.38. The van der Waals surface area contributed by atoms with Crippen molar-refractivity contribution in [2.45, 2.75) is 25.6 Å². The maximum atomic E-state index is 13.6. The van der Waals surface area contributed by atoms with Gasteiger partial charge in [0, 0.05) is 38.5 Å². The summed E-state index contributed by atoms with van der Waals surface area (Å²) in [5.74, 6) is -0.589. The maximum absolute atomic E-state index is 13.6. The molecule has 1 saturated heterocycles. The zero-order valence-corrected chi connectivity index (χ0v) is 18.4. The van der Waals surface area contributed by atoms with E-state index in [9.17, 15) is 22.4 Å². The monoisotopic (exact) mass is 483 g/mol. The SMILES string of the molecule is C[C@@H]1CN(c2ncc(CCO)cc2C(F)(F)F)CCN1C(=O)Nc1nc2ccc(F)cc2s1. The molecule has 1 atom stereocenters. The lowest BCUT2D eigenvalue weighted by atomic mass is 10.1. The smallest absolute Gasteiger partial charge is 0.396 e. The first-order chi connectivity index (χ1) is 15.7. The first-order valence-electron chi connectivity index (χ1n) is 10.2. The van der Waals surface area contributed by atoms with Crippen LogP contribution in [0.3, 0.4) is 0 Å². The Hall–Kier alpha value is -2.99. The van der Waals surface area contributed by atoms with Crippen molar-refractivity contribution in [3.05, 3.63) is 47.4 Å². The summed E-state index contributed by atoms with van der Waals surface area (Å²) in [5, 5.41) is 12.0. The van der Waals surface area contributed by atoms with Crippen LogP contribution in [0.1, 0.15) is 18.1 Å². The Morgan fingerprint density at radius 3 is 2.79 bits per heavy atom. The van der Waals surface area contributed by atoms with Gasteiger partial charge in [-0.15, -0.1) is 0 Å². The standard InChI is InChI=1S/C21H21F4N5O2S/c1-12-11-29(18-15(21(23,24)25)8-13(4-7-31)10-26-18)5-6-30(12)20(32)28-19-27-16-3-2-14(22)9-17(16)33-19/h2-3,8-10,12,31H,4-7,11H2,1H3,(H,27,28,32)/t12-/m1/s1. The third-order valence-corrected chi connectivity index (χ3v) is 6.32. The Kier molecular flexibility index (Phi) is 6.39. The Morgan fingerprint density at radius 1 is 1.30 bits per heavy atom. The summed E-state index contributed by atoms with van der Waals surface area (Å²) in [6.45, 7) is 1.98. The average molecular weight is 483 g/mol. The molecular weight excluding hydrogens is 462 g/mol. The number of aliphatic hydroxyl groups excluding tert-OH is 1. The van der Waals surface area contributed by atoms with Gasteiger partial charge in [0.05, 0.1) is 15.8 Å². The molecule has 1 fully saturated rings. The number of hydrogen-bond acceptors (Lipinski definition) is 6. The molecular formula is C21H21F4N5O2S. The van der Waals surface area contributed by atoms with E-state index in [2.05, 4.69) is 15.3 Å². The number of nitrogens with one attached hydrogen (secondary N) is 1. The zero-order valence-electron chi connectivity index (χ0n) is 17.6. The fourth-order valence-electron chi connectivity index (χ4n) is 3.79. The van der Waals surface area contributed by atoms with Gasteiger partial charge in [0.1, 0.15) is 11.6 Å². The molecule has 2 N–H and O–H groups in total. The number of anilines is 2. The molecule has 176 valence electrons. The number of rotatable bonds is 4. The van der Waals surface area contributed by atoms with Gasteiger partial charge in [-0.25, -0.2) is 19.2 Å². The summed E-state index contributed by atoms with van der Waals surface area (Å²) in [4.78, 5) is 24.1. The second kappa shape index (κ2) is 9.10. The first-order valence-corrected chi connectivity index (χ1v) is 11.0. The Labute approximate surface area is 190 Å². The molecule has 0 saturated carbocycles. The molecule has 1 aliphatic rings. The number of fused-ring (bicyclic) bond motifs is 1. The van der Waals surface area contributed by atoms with Crippen molar-refractivity contribution in [2.75, 3.05) is 36.5 Å². The number of aliphatic hydroxyl groups is 1. The van der Waals surface area contributed by atoms with E-state index in [1.54, 1.807) is 6.92 Å². The largest absolute Gasteiger partial charge is 0.419 e. The molecule has 3 aromatic rings. The number of pyridine rings is 1. The molecule has 1 aromatic carbocycles. The van der Waals surface area contributed by atoms with E-state index in [0.29, 0.717) is 20.9 Å². The number of urea groups is 1. The quantitative estimate of drug-likeness (QED) is 0.546. The van der Waals surface area contributed by atoms with Gasteiger partial charge in [-0.1, -0.05) is 11.3 Å². The van der Waals surface area contributed by atoms with Gasteiger partial charge in [-0.2, -0.15) is 13.2 Å². The number of nitrogens with zero attached hydrogens (tertiary/aromatic N) is 4. The normalized spacial score (nSPS) is 17.0. The fraction of sp³-hybridized carbons (Fsp3) is 0.381. The van der Waals surface area contributed by atoms with Crippen molar-refractivity contribution < 1.29 is 27.5 Å². The van der Waals surface area contributed by atoms with Gasteiger partial charge in [0.2, 0.25) is 0 Å². The van der Waals surface area contributed by atoms with Crippen molar-refractivity contribution in [2.24, 2.45) is 0 Å². The highest BCUT2D eigenvalue weighted by molar-refractivity contribution is 7.22. The van der Waals surface area contributed by atoms with Crippen molar-refractivity contribution in [1.29, 1.82) is 0 Å². The molecule has 0 aliphatic carbocycles. The zero-order chi connectivity index (χ0) is 23.8. The number of thiazole rings is 1. The van der Waals surface area contributed by atoms with Crippen LogP contribution < -0.4 is 10.2 Å². The van der Waals surface area contributed by atoms with Crippen LogP contribution in [0.4, 0.5) is 33.3 Å². The number of hydrogen-bond donors (Lipinski definition) is 2. The molecule has 0 unspecified atom stereocenters. The van der Waals surface area contributed by atoms with E-state index in [0.717, 1.165) is 17.4 Å². The minimum absolute atomic E-state index is 0.0825. The van der Waals surface area contributed by atoms with Gasteiger partial charge in [-0.3, -0.25) is 5.32 Å². The van der Waals surface area contributed by atoms with Crippen LogP contribution in [0.5, 0.6) is 0 Å². The second-order valence-corrected chi connectivity index (χ2v) is 8.77. The molecule has 12 heteroatoms. The summed E-state index contributed by atoms with van der Waals surface area (Å²) in [5.41, 5.74) is 0.000537. The molecule has 0 spiro atoms. The van der Waals surface area contributed by atoms with Crippen molar-refractivity contribution in [1.82, 2.24) is 14.9 Å². The Balaban J connectivity index is 1.47. The minimum atomic E-state index is -4.60. The fourth-order valence-corrected chi connectivity index (χ4v) is 4.67. The van der Waals surface area contributed by atoms with Crippen LogP contribution in [-0.4, -0.2) is 58.3 Å². The lowest BCUT2D eigenvalue weighted by Gasteiger charge is -2.40. The van der Waals surface area contributed by atoms with Crippen LogP contribution in [0.2, 0.25) is 0 Å². The predicted molar refractivity (Wildman–Crippen MR) is 117 cm³/mol. The minimum Gasteiger partial charge on any atom is -0.396 e. The predicted octanol–water partition coefficient (Wildman–Crippen LogP) is 4.13. The van der Waals surface area contributed by atoms with Gasteiger partial charge in [0.15, 0.2) is 5.13 Å². The number of alkyl halides is 3. The summed E-state index contributed by atoms with van der Waals surface area (Å²) in [7, 11) is 0. The van der Waals surface area contributed by atoms with E-state index in [-0.39, 0.29) is 38.5 Å². The van der Waals surface area contributed by atoms with E-state index >= 15 is 0 Å².